The third-order valence-electron chi connectivity index (χ3n) is 3.36. The Balaban J connectivity index is 1.69. The predicted octanol–water partition coefficient (Wildman–Crippen LogP) is 4.59. The van der Waals surface area contributed by atoms with Crippen LogP contribution in [0.4, 0.5) is 0 Å². The fraction of sp³-hybridized carbons (Fsp3) is 0.0526. The van der Waals surface area contributed by atoms with E-state index < -0.39 is 0 Å². The molecule has 0 aliphatic heterocycles. The molecule has 0 saturated carbocycles. The van der Waals surface area contributed by atoms with Gasteiger partial charge in [0.2, 0.25) is 0 Å². The lowest BCUT2D eigenvalue weighted by Gasteiger charge is -2.01. The third kappa shape index (κ3) is 4.18. The summed E-state index contributed by atoms with van der Waals surface area (Å²) >= 11 is 5.94. The van der Waals surface area contributed by atoms with E-state index in [-0.39, 0.29) is 12.3 Å². The molecular formula is C19H15ClN2O. The Hall–Kier alpha value is -2.65. The van der Waals surface area contributed by atoms with E-state index in [9.17, 15) is 4.79 Å². The molecule has 23 heavy (non-hydrogen) atoms. The maximum atomic E-state index is 12.2. The van der Waals surface area contributed by atoms with Gasteiger partial charge in [0.05, 0.1) is 12.1 Å². The summed E-state index contributed by atoms with van der Waals surface area (Å²) < 4.78 is 1.37. The topological polar surface area (TPSA) is 34.9 Å². The number of carbonyl (C=O) groups excluding carboxylic acids is 1. The van der Waals surface area contributed by atoms with Gasteiger partial charge >= 0.3 is 0 Å². The van der Waals surface area contributed by atoms with E-state index in [1.807, 2.05) is 60.7 Å². The van der Waals surface area contributed by atoms with Crippen LogP contribution < -0.4 is 0 Å². The molecule has 0 aliphatic rings. The number of aromatic nitrogens is 2. The van der Waals surface area contributed by atoms with Crippen LogP contribution in [0.25, 0.3) is 12.2 Å². The van der Waals surface area contributed by atoms with Crippen LogP contribution in [-0.2, 0) is 6.42 Å². The van der Waals surface area contributed by atoms with Crippen LogP contribution in [0, 0.1) is 0 Å². The number of carbonyl (C=O) groups is 1. The molecule has 0 amide bonds. The number of halogens is 1. The van der Waals surface area contributed by atoms with Crippen molar-refractivity contribution >= 4 is 29.7 Å². The first-order valence-corrected chi connectivity index (χ1v) is 7.65. The first-order valence-electron chi connectivity index (χ1n) is 7.27. The summed E-state index contributed by atoms with van der Waals surface area (Å²) in [5.41, 5.74) is 2.71. The van der Waals surface area contributed by atoms with Crippen molar-refractivity contribution in [3.05, 3.63) is 88.7 Å². The van der Waals surface area contributed by atoms with Crippen molar-refractivity contribution in [1.29, 1.82) is 0 Å². The van der Waals surface area contributed by atoms with Gasteiger partial charge in [-0.25, -0.2) is 4.68 Å². The molecule has 1 heterocycles. The quantitative estimate of drug-likeness (QED) is 0.704. The highest BCUT2D eigenvalue weighted by atomic mass is 35.5. The van der Waals surface area contributed by atoms with Gasteiger partial charge in [-0.2, -0.15) is 5.10 Å². The minimum absolute atomic E-state index is 0.0911. The lowest BCUT2D eigenvalue weighted by Crippen LogP contribution is -2.14. The summed E-state index contributed by atoms with van der Waals surface area (Å²) in [5.74, 6) is -0.0911. The summed E-state index contributed by atoms with van der Waals surface area (Å²) in [6.45, 7) is 0. The lowest BCUT2D eigenvalue weighted by atomic mass is 10.1. The summed E-state index contributed by atoms with van der Waals surface area (Å²) in [7, 11) is 0. The zero-order valence-corrected chi connectivity index (χ0v) is 13.1. The molecule has 3 aromatic rings. The Kier molecular flexibility index (Phi) is 4.69. The van der Waals surface area contributed by atoms with Crippen molar-refractivity contribution in [2.24, 2.45) is 0 Å². The fourth-order valence-electron chi connectivity index (χ4n) is 2.21. The van der Waals surface area contributed by atoms with E-state index in [0.29, 0.717) is 5.02 Å². The Morgan fingerprint density at radius 3 is 2.65 bits per heavy atom. The van der Waals surface area contributed by atoms with Crippen LogP contribution in [0.15, 0.2) is 66.9 Å². The Labute approximate surface area is 139 Å². The highest BCUT2D eigenvalue weighted by Gasteiger charge is 2.08. The van der Waals surface area contributed by atoms with Crippen LogP contribution >= 0.6 is 11.6 Å². The molecule has 4 heteroatoms. The molecule has 0 saturated heterocycles. The maximum absolute atomic E-state index is 12.2. The van der Waals surface area contributed by atoms with Crippen LogP contribution in [0.3, 0.4) is 0 Å². The summed E-state index contributed by atoms with van der Waals surface area (Å²) in [4.78, 5) is 12.2. The second-order valence-corrected chi connectivity index (χ2v) is 5.57. The molecule has 0 aliphatic carbocycles. The third-order valence-corrected chi connectivity index (χ3v) is 3.59. The number of hydrogen-bond acceptors (Lipinski definition) is 2. The molecular weight excluding hydrogens is 308 g/mol. The molecule has 3 nitrogen and oxygen atoms in total. The number of hydrogen-bond donors (Lipinski definition) is 0. The molecule has 114 valence electrons. The minimum atomic E-state index is -0.0911. The van der Waals surface area contributed by atoms with Gasteiger partial charge in [-0.15, -0.1) is 0 Å². The summed E-state index contributed by atoms with van der Waals surface area (Å²) in [6.07, 6.45) is 5.80. The zero-order chi connectivity index (χ0) is 16.1. The first kappa shape index (κ1) is 15.3. The van der Waals surface area contributed by atoms with E-state index in [4.69, 9.17) is 11.6 Å². The van der Waals surface area contributed by atoms with Gasteiger partial charge < -0.3 is 0 Å². The fourth-order valence-corrected chi connectivity index (χ4v) is 2.43. The highest BCUT2D eigenvalue weighted by molar-refractivity contribution is 6.30. The molecule has 0 radical (unpaired) electrons. The van der Waals surface area contributed by atoms with E-state index in [1.54, 1.807) is 18.3 Å². The SMILES string of the molecule is O=C(Cc1cccc(Cl)c1)n1ccc(/C=C/c2ccccc2)n1. The predicted molar refractivity (Wildman–Crippen MR) is 93.4 cm³/mol. The van der Waals surface area contributed by atoms with Crippen LogP contribution in [0.5, 0.6) is 0 Å². The molecule has 3 rings (SSSR count). The van der Waals surface area contributed by atoms with Gasteiger partial charge in [-0.05, 0) is 35.4 Å². The molecule has 1 aromatic heterocycles. The molecule has 0 spiro atoms. The van der Waals surface area contributed by atoms with Crippen LogP contribution in [0.1, 0.15) is 21.6 Å². The monoisotopic (exact) mass is 322 g/mol. The largest absolute Gasteiger partial charge is 0.272 e. The average molecular weight is 323 g/mol. The summed E-state index contributed by atoms with van der Waals surface area (Å²) in [5, 5.41) is 4.92. The Bertz CT molecular complexity index is 837. The van der Waals surface area contributed by atoms with Gasteiger partial charge in [0.15, 0.2) is 0 Å². The van der Waals surface area contributed by atoms with Crippen molar-refractivity contribution < 1.29 is 4.79 Å². The zero-order valence-electron chi connectivity index (χ0n) is 12.4. The Morgan fingerprint density at radius 1 is 1.04 bits per heavy atom. The van der Waals surface area contributed by atoms with Crippen molar-refractivity contribution in [1.82, 2.24) is 9.78 Å². The van der Waals surface area contributed by atoms with Gasteiger partial charge in [-0.1, -0.05) is 60.1 Å². The molecule has 0 N–H and O–H groups in total. The molecule has 0 atom stereocenters. The van der Waals surface area contributed by atoms with E-state index in [1.165, 1.54) is 4.68 Å². The van der Waals surface area contributed by atoms with Crippen molar-refractivity contribution in [3.8, 4) is 0 Å². The van der Waals surface area contributed by atoms with Gasteiger partial charge in [0, 0.05) is 11.2 Å². The number of nitrogens with zero attached hydrogens (tertiary/aromatic N) is 2. The van der Waals surface area contributed by atoms with E-state index in [2.05, 4.69) is 5.10 Å². The van der Waals surface area contributed by atoms with Gasteiger partial charge in [-0.3, -0.25) is 4.79 Å². The first-order chi connectivity index (χ1) is 11.2. The smallest absolute Gasteiger partial charge is 0.251 e. The van der Waals surface area contributed by atoms with Crippen molar-refractivity contribution in [2.75, 3.05) is 0 Å². The highest BCUT2D eigenvalue weighted by Crippen LogP contribution is 2.12. The molecule has 2 aromatic carbocycles. The van der Waals surface area contributed by atoms with Crippen LogP contribution in [-0.4, -0.2) is 15.7 Å². The molecule has 0 bridgehead atoms. The Morgan fingerprint density at radius 2 is 1.87 bits per heavy atom. The maximum Gasteiger partial charge on any atom is 0.251 e. The van der Waals surface area contributed by atoms with E-state index in [0.717, 1.165) is 16.8 Å². The second kappa shape index (κ2) is 7.07. The lowest BCUT2D eigenvalue weighted by molar-refractivity contribution is 0.0898. The average Bonchev–Trinajstić information content (AvgIpc) is 3.03. The van der Waals surface area contributed by atoms with E-state index >= 15 is 0 Å². The molecule has 0 fully saturated rings. The normalized spacial score (nSPS) is 11.0. The van der Waals surface area contributed by atoms with Crippen molar-refractivity contribution in [3.63, 3.8) is 0 Å². The number of benzene rings is 2. The minimum Gasteiger partial charge on any atom is -0.272 e. The van der Waals surface area contributed by atoms with Gasteiger partial charge in [0.25, 0.3) is 5.91 Å². The second-order valence-electron chi connectivity index (χ2n) is 5.13. The van der Waals surface area contributed by atoms with Gasteiger partial charge in [0.1, 0.15) is 0 Å². The molecule has 0 unspecified atom stereocenters. The van der Waals surface area contributed by atoms with Crippen LogP contribution in [0.2, 0.25) is 5.02 Å². The van der Waals surface area contributed by atoms with Crippen molar-refractivity contribution in [2.45, 2.75) is 6.42 Å². The standard InChI is InChI=1S/C19H15ClN2O/c20-17-8-4-7-16(13-17)14-19(23)22-12-11-18(21-22)10-9-15-5-2-1-3-6-15/h1-13H,14H2/b10-9+. The summed E-state index contributed by atoms with van der Waals surface area (Å²) in [6, 6.07) is 19.1. The number of rotatable bonds is 4.